The van der Waals surface area contributed by atoms with E-state index < -0.39 is 29.1 Å². The molecule has 1 saturated carbocycles. The summed E-state index contributed by atoms with van der Waals surface area (Å²) in [7, 11) is 1.42. The largest absolute Gasteiger partial charge is 0.435 e. The number of rotatable bonds is 5. The van der Waals surface area contributed by atoms with Crippen molar-refractivity contribution in [1.29, 1.82) is 0 Å². The summed E-state index contributed by atoms with van der Waals surface area (Å²) in [5.41, 5.74) is 2.64. The summed E-state index contributed by atoms with van der Waals surface area (Å²) in [6.45, 7) is 5.31. The van der Waals surface area contributed by atoms with E-state index in [2.05, 4.69) is 37.1 Å². The van der Waals surface area contributed by atoms with Crippen molar-refractivity contribution in [1.82, 2.24) is 16.1 Å². The van der Waals surface area contributed by atoms with Crippen LogP contribution in [0, 0.1) is 5.92 Å². The van der Waals surface area contributed by atoms with Crippen LogP contribution in [-0.2, 0) is 19.9 Å². The van der Waals surface area contributed by atoms with Crippen molar-refractivity contribution in [3.05, 3.63) is 33.8 Å². The van der Waals surface area contributed by atoms with E-state index in [1.807, 2.05) is 25.1 Å². The van der Waals surface area contributed by atoms with Gasteiger partial charge in [0.25, 0.3) is 0 Å². The van der Waals surface area contributed by atoms with Gasteiger partial charge in [-0.1, -0.05) is 22.0 Å². The Morgan fingerprint density at radius 2 is 2.00 bits per heavy atom. The zero-order valence-electron chi connectivity index (χ0n) is 19.3. The fraction of sp³-hybridized carbons (Fsp3) is 0.565. The fourth-order valence-corrected chi connectivity index (χ4v) is 4.96. The lowest BCUT2D eigenvalue weighted by molar-refractivity contribution is -0.139. The Hall–Kier alpha value is -2.46. The van der Waals surface area contributed by atoms with Crippen LogP contribution in [-0.4, -0.2) is 47.4 Å². The molecular formula is C23H31BrN4O5. The van der Waals surface area contributed by atoms with Gasteiger partial charge in [0, 0.05) is 23.1 Å². The van der Waals surface area contributed by atoms with Gasteiger partial charge in [0.2, 0.25) is 0 Å². The van der Waals surface area contributed by atoms with E-state index in [1.165, 1.54) is 7.05 Å². The average Bonchev–Trinajstić information content (AvgIpc) is 2.74. The van der Waals surface area contributed by atoms with Crippen molar-refractivity contribution in [3.63, 3.8) is 0 Å². The molecule has 3 rings (SSSR count). The minimum absolute atomic E-state index is 0.157. The molecule has 1 aromatic rings. The third-order valence-corrected chi connectivity index (χ3v) is 7.01. The first-order chi connectivity index (χ1) is 15.4. The second-order valence-corrected chi connectivity index (χ2v) is 10.2. The van der Waals surface area contributed by atoms with E-state index in [-0.39, 0.29) is 6.04 Å². The van der Waals surface area contributed by atoms with E-state index >= 15 is 0 Å². The van der Waals surface area contributed by atoms with E-state index in [1.54, 1.807) is 13.8 Å². The summed E-state index contributed by atoms with van der Waals surface area (Å²) in [6, 6.07) is 5.41. The number of nitrogens with one attached hydrogen (secondary N) is 3. The number of nitrogens with zero attached hydrogens (tertiary/aromatic N) is 1. The molecule has 0 saturated heterocycles. The third kappa shape index (κ3) is 5.73. The summed E-state index contributed by atoms with van der Waals surface area (Å²) < 4.78 is 6.63. The van der Waals surface area contributed by atoms with Gasteiger partial charge in [-0.2, -0.15) is 5.10 Å². The molecule has 0 aromatic heterocycles. The number of ether oxygens (including phenoxy) is 1. The molecule has 2 aliphatic rings. The highest BCUT2D eigenvalue weighted by atomic mass is 79.9. The predicted molar refractivity (Wildman–Crippen MR) is 127 cm³/mol. The number of benzene rings is 1. The monoisotopic (exact) mass is 522 g/mol. The smallest absolute Gasteiger partial charge is 0.428 e. The minimum atomic E-state index is -1.03. The van der Waals surface area contributed by atoms with E-state index in [9.17, 15) is 19.5 Å². The number of hydrogen-bond donors (Lipinski definition) is 4. The molecule has 0 unspecified atom stereocenters. The van der Waals surface area contributed by atoms with Crippen molar-refractivity contribution in [2.75, 3.05) is 7.05 Å². The van der Waals surface area contributed by atoms with Crippen molar-refractivity contribution >= 4 is 39.5 Å². The molecule has 0 bridgehead atoms. The van der Waals surface area contributed by atoms with E-state index in [0.717, 1.165) is 34.9 Å². The zero-order chi connectivity index (χ0) is 24.4. The number of hydrogen-bond acceptors (Lipinski definition) is 6. The summed E-state index contributed by atoms with van der Waals surface area (Å²) in [6.07, 6.45) is 2.84. The molecule has 4 N–H and O–H groups in total. The molecule has 9 nitrogen and oxygen atoms in total. The Kier molecular flexibility index (Phi) is 7.48. The minimum Gasteiger partial charge on any atom is -0.435 e. The van der Waals surface area contributed by atoms with E-state index in [4.69, 9.17) is 4.74 Å². The lowest BCUT2D eigenvalue weighted by atomic mass is 9.72. The van der Waals surface area contributed by atoms with Crippen LogP contribution in [0.4, 0.5) is 4.79 Å². The molecule has 1 spiro atoms. The van der Waals surface area contributed by atoms with Gasteiger partial charge in [-0.05, 0) is 76.5 Å². The van der Waals surface area contributed by atoms with Crippen molar-refractivity contribution in [2.45, 2.75) is 70.1 Å². The number of carbonyl (C=O) groups excluding carboxylic acids is 3. The molecule has 1 aliphatic heterocycles. The maximum Gasteiger partial charge on any atom is 0.428 e. The summed E-state index contributed by atoms with van der Waals surface area (Å²) in [4.78, 5) is 35.4. The molecule has 1 heterocycles. The lowest BCUT2D eigenvalue weighted by Gasteiger charge is -2.42. The van der Waals surface area contributed by atoms with Gasteiger partial charge in [-0.25, -0.2) is 10.2 Å². The maximum absolute atomic E-state index is 12.1. The molecule has 1 fully saturated rings. The predicted octanol–water partition coefficient (Wildman–Crippen LogP) is 2.69. The van der Waals surface area contributed by atoms with Gasteiger partial charge in [0.05, 0.1) is 5.60 Å². The molecule has 1 aromatic carbocycles. The lowest BCUT2D eigenvalue weighted by Crippen LogP contribution is -2.52. The quantitative estimate of drug-likeness (QED) is 0.441. The van der Waals surface area contributed by atoms with Crippen molar-refractivity contribution in [3.8, 4) is 0 Å². The van der Waals surface area contributed by atoms with Gasteiger partial charge in [0.15, 0.2) is 5.60 Å². The number of halogens is 1. The number of hydrazone groups is 1. The molecule has 10 heteroatoms. The highest BCUT2D eigenvalue weighted by molar-refractivity contribution is 9.10. The second kappa shape index (κ2) is 9.80. The standard InChI is InChI=1S/C23H31BrN4O5/c1-13(26-20(30)19(29)25-4)11-14-7-9-23(10-8-14)18(27-28-21(31)33-23)16-12-15(22(2,3)32)5-6-17(16)24/h5-6,12-14,32H,7-11H2,1-4H3,(H,25,29)(H,26,30)(H,28,31)/t13-,14?,23?/m0/s1. The first-order valence-electron chi connectivity index (χ1n) is 11.1. The SMILES string of the molecule is CNC(=O)C(=O)N[C@@H](C)CC1CCC2(CC1)OC(=O)NN=C2c1cc(C(C)(C)O)ccc1Br. The Morgan fingerprint density at radius 1 is 1.33 bits per heavy atom. The van der Waals surface area contributed by atoms with Crippen LogP contribution in [0.15, 0.2) is 27.8 Å². The summed E-state index contributed by atoms with van der Waals surface area (Å²) >= 11 is 3.58. The highest BCUT2D eigenvalue weighted by Crippen LogP contribution is 2.42. The van der Waals surface area contributed by atoms with Gasteiger partial charge >= 0.3 is 17.9 Å². The Bertz CT molecular complexity index is 964. The average molecular weight is 523 g/mol. The van der Waals surface area contributed by atoms with Crippen LogP contribution in [0.2, 0.25) is 0 Å². The van der Waals surface area contributed by atoms with Gasteiger partial charge in [-0.15, -0.1) is 0 Å². The molecule has 33 heavy (non-hydrogen) atoms. The first kappa shape index (κ1) is 25.2. The van der Waals surface area contributed by atoms with E-state index in [0.29, 0.717) is 24.5 Å². The van der Waals surface area contributed by atoms with Crippen LogP contribution >= 0.6 is 15.9 Å². The molecule has 0 radical (unpaired) electrons. The molecule has 1 atom stereocenters. The zero-order valence-corrected chi connectivity index (χ0v) is 20.9. The maximum atomic E-state index is 12.1. The first-order valence-corrected chi connectivity index (χ1v) is 11.9. The van der Waals surface area contributed by atoms with Gasteiger partial charge in [0.1, 0.15) is 5.71 Å². The molecule has 3 amide bonds. The van der Waals surface area contributed by atoms with Crippen LogP contribution in [0.1, 0.15) is 64.0 Å². The Labute approximate surface area is 201 Å². The van der Waals surface area contributed by atoms with Crippen LogP contribution in [0.5, 0.6) is 0 Å². The molecule has 1 aliphatic carbocycles. The summed E-state index contributed by atoms with van der Waals surface area (Å²) in [5.74, 6) is -1.00. The Balaban J connectivity index is 1.76. The molecular weight excluding hydrogens is 492 g/mol. The topological polar surface area (TPSA) is 129 Å². The molecule has 180 valence electrons. The number of likely N-dealkylation sites (N-methyl/N-ethyl adjacent to an activating group) is 1. The number of amides is 3. The normalized spacial score (nSPS) is 23.8. The van der Waals surface area contributed by atoms with Crippen LogP contribution < -0.4 is 16.1 Å². The Morgan fingerprint density at radius 3 is 2.61 bits per heavy atom. The highest BCUT2D eigenvalue weighted by Gasteiger charge is 2.47. The summed E-state index contributed by atoms with van der Waals surface area (Å²) in [5, 5.41) is 19.9. The van der Waals surface area contributed by atoms with Crippen molar-refractivity contribution < 1.29 is 24.2 Å². The van der Waals surface area contributed by atoms with Crippen LogP contribution in [0.3, 0.4) is 0 Å². The van der Waals surface area contributed by atoms with Gasteiger partial charge < -0.3 is 20.5 Å². The van der Waals surface area contributed by atoms with Gasteiger partial charge in [-0.3, -0.25) is 9.59 Å². The van der Waals surface area contributed by atoms with Crippen LogP contribution in [0.25, 0.3) is 0 Å². The second-order valence-electron chi connectivity index (χ2n) is 9.34. The number of aliphatic hydroxyl groups is 1. The number of carbonyl (C=O) groups is 3. The third-order valence-electron chi connectivity index (χ3n) is 6.32. The van der Waals surface area contributed by atoms with Crippen molar-refractivity contribution in [2.24, 2.45) is 11.0 Å². The fourth-order valence-electron chi connectivity index (χ4n) is 4.53.